The van der Waals surface area contributed by atoms with Gasteiger partial charge in [0.05, 0.1) is 53.5 Å². The van der Waals surface area contributed by atoms with E-state index in [-0.39, 0.29) is 11.9 Å². The van der Waals surface area contributed by atoms with Gasteiger partial charge in [0.15, 0.2) is 0 Å². The summed E-state index contributed by atoms with van der Waals surface area (Å²) >= 11 is 0. The molecule has 0 N–H and O–H groups in total. The van der Waals surface area contributed by atoms with Gasteiger partial charge in [-0.3, -0.25) is 4.99 Å². The second-order valence-electron chi connectivity index (χ2n) is 9.95. The molecule has 1 fully saturated rings. The zero-order valence-electron chi connectivity index (χ0n) is 23.2. The molecule has 1 aromatic heterocycles. The fourth-order valence-corrected chi connectivity index (χ4v) is 5.19. The van der Waals surface area contributed by atoms with Crippen LogP contribution in [0.4, 0.5) is 27.1 Å². The van der Waals surface area contributed by atoms with Crippen molar-refractivity contribution < 1.29 is 13.9 Å². The van der Waals surface area contributed by atoms with E-state index in [4.69, 9.17) is 24.5 Å². The molecule has 0 radical (unpaired) electrons. The second kappa shape index (κ2) is 12.3. The first kappa shape index (κ1) is 27.4. The zero-order valence-corrected chi connectivity index (χ0v) is 23.2. The van der Waals surface area contributed by atoms with Crippen LogP contribution in [-0.2, 0) is 4.74 Å². The summed E-state index contributed by atoms with van der Waals surface area (Å²) < 4.78 is 24.8. The average Bonchev–Trinajstić information content (AvgIpc) is 2.98. The number of methoxy groups -OCH3 is 2. The molecule has 2 aromatic carbocycles. The topological polar surface area (TPSA) is 71.7 Å². The molecule has 5 rings (SSSR count). The van der Waals surface area contributed by atoms with Crippen LogP contribution < -0.4 is 9.64 Å². The van der Waals surface area contributed by atoms with Gasteiger partial charge in [0.25, 0.3) is 0 Å². The van der Waals surface area contributed by atoms with Gasteiger partial charge in [-0.25, -0.2) is 19.4 Å². The maximum atomic E-state index is 13.8. The van der Waals surface area contributed by atoms with Crippen molar-refractivity contribution in [2.24, 2.45) is 15.0 Å². The Morgan fingerprint density at radius 2 is 1.77 bits per heavy atom. The smallest absolute Gasteiger partial charge is 0.239 e. The highest BCUT2D eigenvalue weighted by Gasteiger charge is 2.27. The van der Waals surface area contributed by atoms with Crippen molar-refractivity contribution in [1.29, 1.82) is 0 Å². The Balaban J connectivity index is 1.53. The van der Waals surface area contributed by atoms with E-state index in [2.05, 4.69) is 11.6 Å². The number of aliphatic imine (C=N–C) groups is 3. The van der Waals surface area contributed by atoms with Gasteiger partial charge < -0.3 is 14.4 Å². The molecule has 1 aliphatic carbocycles. The van der Waals surface area contributed by atoms with Crippen LogP contribution in [-0.4, -0.2) is 48.5 Å². The van der Waals surface area contributed by atoms with E-state index in [1.54, 1.807) is 32.5 Å². The van der Waals surface area contributed by atoms with E-state index < -0.39 is 0 Å². The number of para-hydroxylation sites is 2. The Kier molecular flexibility index (Phi) is 8.45. The zero-order chi connectivity index (χ0) is 28.1. The third-order valence-electron chi connectivity index (χ3n) is 7.37. The molecule has 3 aromatic rings. The predicted octanol–water partition coefficient (Wildman–Crippen LogP) is 7.55. The minimum Gasteiger partial charge on any atom is -0.479 e. The van der Waals surface area contributed by atoms with Crippen molar-refractivity contribution in [2.75, 3.05) is 19.1 Å². The number of halogens is 1. The van der Waals surface area contributed by atoms with E-state index in [1.165, 1.54) is 12.1 Å². The van der Waals surface area contributed by atoms with E-state index in [0.29, 0.717) is 29.8 Å². The fraction of sp³-hybridized carbons (Fsp3) is 0.312. The first-order chi connectivity index (χ1) is 19.5. The number of fused-ring (bicyclic) bond motifs is 1. The van der Waals surface area contributed by atoms with Crippen LogP contribution in [0.1, 0.15) is 39.0 Å². The average molecular weight is 540 g/mol. The molecule has 0 atom stereocenters. The summed E-state index contributed by atoms with van der Waals surface area (Å²) in [5.74, 6) is 0.149. The SMILES string of the molecule is C=C1C(CC(=Nc2cccnc2OC)C(C)=NC2CCC(OC)CC2)=Nc2ccccc2N1c1ccc(F)cc1. The summed E-state index contributed by atoms with van der Waals surface area (Å²) in [5, 5.41) is 0. The van der Waals surface area contributed by atoms with Crippen molar-refractivity contribution >= 4 is 39.9 Å². The van der Waals surface area contributed by atoms with Gasteiger partial charge in [-0.2, -0.15) is 0 Å². The molecule has 1 aliphatic heterocycles. The molecule has 0 saturated heterocycles. The lowest BCUT2D eigenvalue weighted by atomic mass is 9.93. The molecule has 0 amide bonds. The number of nitrogens with zero attached hydrogens (tertiary/aromatic N) is 5. The number of allylic oxidation sites excluding steroid dienone is 1. The number of benzene rings is 2. The number of hydrogen-bond donors (Lipinski definition) is 0. The number of anilines is 2. The first-order valence-corrected chi connectivity index (χ1v) is 13.5. The highest BCUT2D eigenvalue weighted by molar-refractivity contribution is 6.46. The largest absolute Gasteiger partial charge is 0.479 e. The summed E-state index contributed by atoms with van der Waals surface area (Å²) in [5.41, 5.74) is 6.17. The molecular formula is C32H34FN5O2. The third kappa shape index (κ3) is 6.02. The third-order valence-corrected chi connectivity index (χ3v) is 7.37. The lowest BCUT2D eigenvalue weighted by Crippen LogP contribution is -2.29. The second-order valence-corrected chi connectivity index (χ2v) is 9.95. The van der Waals surface area contributed by atoms with Gasteiger partial charge in [-0.1, -0.05) is 18.7 Å². The molecular weight excluding hydrogens is 505 g/mol. The Labute approximate surface area is 234 Å². The van der Waals surface area contributed by atoms with Crippen molar-refractivity contribution in [3.05, 3.63) is 85.0 Å². The molecule has 2 heterocycles. The van der Waals surface area contributed by atoms with Crippen molar-refractivity contribution in [3.63, 3.8) is 0 Å². The van der Waals surface area contributed by atoms with Gasteiger partial charge in [-0.05, 0) is 81.1 Å². The highest BCUT2D eigenvalue weighted by Crippen LogP contribution is 2.41. The minimum absolute atomic E-state index is 0.209. The molecule has 7 nitrogen and oxygen atoms in total. The highest BCUT2D eigenvalue weighted by atomic mass is 19.1. The van der Waals surface area contributed by atoms with Crippen LogP contribution in [0.2, 0.25) is 0 Å². The maximum absolute atomic E-state index is 13.8. The van der Waals surface area contributed by atoms with Crippen molar-refractivity contribution in [1.82, 2.24) is 4.98 Å². The molecule has 0 unspecified atom stereocenters. The molecule has 0 spiro atoms. The van der Waals surface area contributed by atoms with Crippen LogP contribution in [0.25, 0.3) is 0 Å². The summed E-state index contributed by atoms with van der Waals surface area (Å²) in [6, 6.07) is 18.2. The van der Waals surface area contributed by atoms with Crippen molar-refractivity contribution in [2.45, 2.75) is 51.2 Å². The van der Waals surface area contributed by atoms with Gasteiger partial charge in [0.1, 0.15) is 11.5 Å². The number of pyridine rings is 1. The molecule has 1 saturated carbocycles. The summed E-state index contributed by atoms with van der Waals surface area (Å²) in [4.78, 5) is 21.4. The molecule has 206 valence electrons. The van der Waals surface area contributed by atoms with E-state index >= 15 is 0 Å². The number of aromatic nitrogens is 1. The summed E-state index contributed by atoms with van der Waals surface area (Å²) in [6.45, 7) is 6.42. The fourth-order valence-electron chi connectivity index (χ4n) is 5.19. The lowest BCUT2D eigenvalue weighted by Gasteiger charge is -2.32. The van der Waals surface area contributed by atoms with E-state index in [9.17, 15) is 4.39 Å². The number of hydrogen-bond acceptors (Lipinski definition) is 7. The number of rotatable bonds is 8. The Morgan fingerprint density at radius 3 is 2.50 bits per heavy atom. The lowest BCUT2D eigenvalue weighted by molar-refractivity contribution is 0.0667. The maximum Gasteiger partial charge on any atom is 0.239 e. The van der Waals surface area contributed by atoms with Gasteiger partial charge in [-0.15, -0.1) is 0 Å². The molecule has 40 heavy (non-hydrogen) atoms. The standard InChI is InChI=1S/C32H34FN5O2/c1-21(35-24-13-17-26(39-3)18-14-24)29(37-28-9-7-19-34-32(28)40-4)20-30-22(2)38(25-15-11-23(33)12-16-25)31-10-6-5-8-27(31)36-30/h5-12,15-16,19,24,26H,2,13-14,17-18,20H2,1,3-4H3. The number of ether oxygens (including phenoxy) is 2. The quantitative estimate of drug-likeness (QED) is 0.277. The Morgan fingerprint density at radius 1 is 1.02 bits per heavy atom. The summed E-state index contributed by atoms with van der Waals surface area (Å²) in [7, 11) is 3.36. The Bertz CT molecular complexity index is 1460. The predicted molar refractivity (Wildman–Crippen MR) is 160 cm³/mol. The van der Waals surface area contributed by atoms with Crippen molar-refractivity contribution in [3.8, 4) is 5.88 Å². The van der Waals surface area contributed by atoms with E-state index in [0.717, 1.165) is 59.9 Å². The first-order valence-electron chi connectivity index (χ1n) is 13.5. The molecule has 0 bridgehead atoms. The van der Waals surface area contributed by atoms with Gasteiger partial charge in [0, 0.05) is 25.4 Å². The van der Waals surface area contributed by atoms with Crippen LogP contribution in [0, 0.1) is 5.82 Å². The Hall–Kier alpha value is -4.17. The van der Waals surface area contributed by atoms with Crippen LogP contribution in [0.5, 0.6) is 5.88 Å². The summed E-state index contributed by atoms with van der Waals surface area (Å²) in [6.07, 6.45) is 6.30. The normalized spacial score (nSPS) is 19.8. The van der Waals surface area contributed by atoms with Gasteiger partial charge in [0.2, 0.25) is 5.88 Å². The van der Waals surface area contributed by atoms with Crippen LogP contribution in [0.3, 0.4) is 0 Å². The van der Waals surface area contributed by atoms with Crippen LogP contribution >= 0.6 is 0 Å². The van der Waals surface area contributed by atoms with Crippen LogP contribution in [0.15, 0.2) is 94.1 Å². The minimum atomic E-state index is -0.292. The molecule has 2 aliphatic rings. The molecule has 8 heteroatoms. The van der Waals surface area contributed by atoms with E-state index in [1.807, 2.05) is 48.2 Å². The van der Waals surface area contributed by atoms with Gasteiger partial charge >= 0.3 is 0 Å². The monoisotopic (exact) mass is 539 g/mol.